The number of benzene rings is 1. The minimum atomic E-state index is 0.512. The van der Waals surface area contributed by atoms with Crippen LogP contribution in [0.1, 0.15) is 11.3 Å². The first-order valence-electron chi connectivity index (χ1n) is 6.40. The fourth-order valence-electron chi connectivity index (χ4n) is 2.03. The third-order valence-electron chi connectivity index (χ3n) is 3.04. The molecular weight excluding hydrogens is 270 g/mol. The molecule has 2 aromatic rings. The van der Waals surface area contributed by atoms with E-state index < -0.39 is 0 Å². The summed E-state index contributed by atoms with van der Waals surface area (Å²) in [6.07, 6.45) is 6.11. The number of nitrogens with zero attached hydrogens (tertiary/aromatic N) is 3. The van der Waals surface area contributed by atoms with Gasteiger partial charge in [0.2, 0.25) is 0 Å². The number of hydrogen-bond donors (Lipinski definition) is 0. The predicted molar refractivity (Wildman–Crippen MR) is 80.4 cm³/mol. The molecule has 5 heteroatoms. The van der Waals surface area contributed by atoms with Crippen molar-refractivity contribution < 1.29 is 4.74 Å². The first-order valence-corrected chi connectivity index (χ1v) is 7.13. The van der Waals surface area contributed by atoms with Crippen LogP contribution in [0, 0.1) is 0 Å². The lowest BCUT2D eigenvalue weighted by molar-refractivity contribution is 0.295. The lowest BCUT2D eigenvalue weighted by Gasteiger charge is -2.18. The van der Waals surface area contributed by atoms with Gasteiger partial charge in [0, 0.05) is 19.2 Å². The van der Waals surface area contributed by atoms with Crippen molar-refractivity contribution in [3.63, 3.8) is 0 Å². The highest BCUT2D eigenvalue weighted by atomic mass is 32.1. The minimum absolute atomic E-state index is 0.512. The summed E-state index contributed by atoms with van der Waals surface area (Å²) in [7, 11) is 2.04. The lowest BCUT2D eigenvalue weighted by atomic mass is 10.1. The van der Waals surface area contributed by atoms with Crippen LogP contribution in [0.25, 0.3) is 5.57 Å². The molecule has 0 N–H and O–H groups in total. The minimum Gasteiger partial charge on any atom is -0.471 e. The molecule has 0 fully saturated rings. The lowest BCUT2D eigenvalue weighted by Crippen LogP contribution is -2.16. The largest absolute Gasteiger partial charge is 0.471 e. The highest BCUT2D eigenvalue weighted by Gasteiger charge is 2.16. The summed E-state index contributed by atoms with van der Waals surface area (Å²) in [5.41, 5.74) is 3.11. The predicted octanol–water partition coefficient (Wildman–Crippen LogP) is 2.96. The number of hydrogen-bond acceptors (Lipinski definition) is 5. The zero-order valence-corrected chi connectivity index (χ0v) is 12.0. The van der Waals surface area contributed by atoms with Crippen LogP contribution in [0.15, 0.2) is 48.7 Å². The Morgan fingerprint density at radius 3 is 2.90 bits per heavy atom. The molecule has 0 aliphatic carbocycles. The third-order valence-corrected chi connectivity index (χ3v) is 3.55. The van der Waals surface area contributed by atoms with Crippen molar-refractivity contribution in [1.82, 2.24) is 13.6 Å². The van der Waals surface area contributed by atoms with Gasteiger partial charge in [-0.1, -0.05) is 36.4 Å². The second kappa shape index (κ2) is 5.88. The second-order valence-corrected chi connectivity index (χ2v) is 5.17. The Labute approximate surface area is 122 Å². The highest BCUT2D eigenvalue weighted by Crippen LogP contribution is 2.26. The molecule has 102 valence electrons. The molecule has 3 rings (SSSR count). The molecular formula is C15H15N3OS. The van der Waals surface area contributed by atoms with Gasteiger partial charge in [-0.25, -0.2) is 0 Å². The molecule has 0 radical (unpaired) electrons. The van der Waals surface area contributed by atoms with Crippen LogP contribution in [0.5, 0.6) is 5.88 Å². The quantitative estimate of drug-likeness (QED) is 0.865. The summed E-state index contributed by atoms with van der Waals surface area (Å²) in [6.45, 7) is 1.34. The Bertz CT molecular complexity index is 634. The summed E-state index contributed by atoms with van der Waals surface area (Å²) in [4.78, 5) is 2.11. The topological polar surface area (TPSA) is 38.2 Å². The van der Waals surface area contributed by atoms with Gasteiger partial charge in [-0.3, -0.25) is 0 Å². The van der Waals surface area contributed by atoms with Crippen LogP contribution in [0.3, 0.4) is 0 Å². The molecule has 4 nitrogen and oxygen atoms in total. The van der Waals surface area contributed by atoms with E-state index in [1.165, 1.54) is 11.7 Å². The number of aromatic nitrogens is 2. The molecule has 1 aliphatic rings. The van der Waals surface area contributed by atoms with Crippen molar-refractivity contribution >= 4 is 17.3 Å². The van der Waals surface area contributed by atoms with Gasteiger partial charge in [-0.2, -0.15) is 4.37 Å². The van der Waals surface area contributed by atoms with E-state index in [9.17, 15) is 0 Å². The van der Waals surface area contributed by atoms with Crippen LogP contribution < -0.4 is 4.74 Å². The Morgan fingerprint density at radius 1 is 1.25 bits per heavy atom. The van der Waals surface area contributed by atoms with Gasteiger partial charge in [-0.15, -0.1) is 4.37 Å². The van der Waals surface area contributed by atoms with Crippen molar-refractivity contribution in [2.24, 2.45) is 0 Å². The standard InChI is InChI=1S/C15H15N3OS/c1-18-9-5-8-13(10-18)14-15(17-20-16-14)19-11-12-6-3-2-4-7-12/h2-9H,10-11H2,1H3. The number of rotatable bonds is 4. The fraction of sp³-hybridized carbons (Fsp3) is 0.200. The number of allylic oxidation sites excluding steroid dienone is 2. The maximum atomic E-state index is 5.81. The molecule has 1 aromatic heterocycles. The van der Waals surface area contributed by atoms with Crippen molar-refractivity contribution in [1.29, 1.82) is 0 Å². The number of ether oxygens (including phenoxy) is 1. The molecule has 1 aliphatic heterocycles. The summed E-state index contributed by atoms with van der Waals surface area (Å²) in [6, 6.07) is 10.1. The molecule has 0 unspecified atom stereocenters. The zero-order chi connectivity index (χ0) is 13.8. The van der Waals surface area contributed by atoms with E-state index in [2.05, 4.69) is 19.7 Å². The van der Waals surface area contributed by atoms with Crippen LogP contribution in [-0.4, -0.2) is 27.2 Å². The highest BCUT2D eigenvalue weighted by molar-refractivity contribution is 6.99. The summed E-state index contributed by atoms with van der Waals surface area (Å²) >= 11 is 1.19. The fourth-order valence-corrected chi connectivity index (χ4v) is 2.56. The zero-order valence-electron chi connectivity index (χ0n) is 11.2. The van der Waals surface area contributed by atoms with E-state index >= 15 is 0 Å². The van der Waals surface area contributed by atoms with Crippen molar-refractivity contribution in [3.8, 4) is 5.88 Å². The Hall–Kier alpha value is -2.14. The van der Waals surface area contributed by atoms with Crippen molar-refractivity contribution in [2.75, 3.05) is 13.6 Å². The molecule has 0 amide bonds. The molecule has 0 spiro atoms. The van der Waals surface area contributed by atoms with Gasteiger partial charge in [-0.05, 0) is 17.8 Å². The van der Waals surface area contributed by atoms with Crippen LogP contribution in [0.2, 0.25) is 0 Å². The molecule has 0 bridgehead atoms. The molecule has 1 aromatic carbocycles. The van der Waals surface area contributed by atoms with E-state index in [0.717, 1.165) is 23.4 Å². The van der Waals surface area contributed by atoms with Crippen molar-refractivity contribution in [3.05, 3.63) is 59.9 Å². The van der Waals surface area contributed by atoms with Gasteiger partial charge >= 0.3 is 0 Å². The van der Waals surface area contributed by atoms with E-state index in [-0.39, 0.29) is 0 Å². The van der Waals surface area contributed by atoms with E-state index in [0.29, 0.717) is 12.5 Å². The van der Waals surface area contributed by atoms with Gasteiger partial charge in [0.05, 0.1) is 11.7 Å². The Kier molecular flexibility index (Phi) is 3.78. The van der Waals surface area contributed by atoms with Crippen LogP contribution >= 0.6 is 11.7 Å². The van der Waals surface area contributed by atoms with Gasteiger partial charge in [0.1, 0.15) is 12.3 Å². The monoisotopic (exact) mass is 285 g/mol. The normalized spacial score (nSPS) is 14.2. The summed E-state index contributed by atoms with van der Waals surface area (Å²) < 4.78 is 14.4. The molecule has 0 atom stereocenters. The molecule has 2 heterocycles. The average molecular weight is 285 g/mol. The maximum Gasteiger partial charge on any atom is 0.254 e. The van der Waals surface area contributed by atoms with Gasteiger partial charge < -0.3 is 9.64 Å². The number of likely N-dealkylation sites (N-methyl/N-ethyl adjacent to an activating group) is 1. The maximum absolute atomic E-state index is 5.81. The van der Waals surface area contributed by atoms with Crippen LogP contribution in [-0.2, 0) is 6.61 Å². The first-order chi connectivity index (χ1) is 9.83. The Morgan fingerprint density at radius 2 is 2.10 bits per heavy atom. The summed E-state index contributed by atoms with van der Waals surface area (Å²) in [5, 5.41) is 0. The van der Waals surface area contributed by atoms with E-state index in [1.54, 1.807) is 0 Å². The van der Waals surface area contributed by atoms with Crippen molar-refractivity contribution in [2.45, 2.75) is 6.61 Å². The van der Waals surface area contributed by atoms with Gasteiger partial charge in [0.25, 0.3) is 5.88 Å². The Balaban J connectivity index is 1.74. The van der Waals surface area contributed by atoms with E-state index in [4.69, 9.17) is 4.74 Å². The van der Waals surface area contributed by atoms with Gasteiger partial charge in [0.15, 0.2) is 0 Å². The SMILES string of the molecule is CN1C=CC=C(c2nsnc2OCc2ccccc2)C1. The summed E-state index contributed by atoms with van der Waals surface area (Å²) in [5.74, 6) is 0.619. The molecule has 0 saturated heterocycles. The molecule has 20 heavy (non-hydrogen) atoms. The second-order valence-electron chi connectivity index (χ2n) is 4.64. The molecule has 0 saturated carbocycles. The van der Waals surface area contributed by atoms with Crippen LogP contribution in [0.4, 0.5) is 0 Å². The first kappa shape index (κ1) is 12.9. The van der Waals surface area contributed by atoms with E-state index in [1.807, 2.05) is 49.7 Å². The smallest absolute Gasteiger partial charge is 0.254 e. The average Bonchev–Trinajstić information content (AvgIpc) is 2.95. The third kappa shape index (κ3) is 2.88.